The molecule has 0 aromatic heterocycles. The maximum Gasteiger partial charge on any atom is 0.261 e. The molecule has 2 fully saturated rings. The summed E-state index contributed by atoms with van der Waals surface area (Å²) in [5, 5.41) is 0.720. The summed E-state index contributed by atoms with van der Waals surface area (Å²) in [4.78, 5) is 32.3. The molecule has 0 spiro atoms. The Morgan fingerprint density at radius 2 is 1.45 bits per heavy atom. The second-order valence-electron chi connectivity index (χ2n) is 8.40. The van der Waals surface area contributed by atoms with Crippen LogP contribution in [0.5, 0.6) is 11.5 Å². The number of piperidine rings is 1. The lowest BCUT2D eigenvalue weighted by atomic mass is 9.94. The number of carbonyl (C=O) groups excluding carboxylic acids is 2. The van der Waals surface area contributed by atoms with Crippen LogP contribution in [0.4, 0.5) is 5.69 Å². The summed E-state index contributed by atoms with van der Waals surface area (Å²) >= 11 is 6.12. The maximum absolute atomic E-state index is 13.2. The van der Waals surface area contributed by atoms with Crippen molar-refractivity contribution in [3.63, 3.8) is 0 Å². The molecule has 0 radical (unpaired) electrons. The molecule has 2 aliphatic rings. The van der Waals surface area contributed by atoms with Crippen molar-refractivity contribution < 1.29 is 19.1 Å². The van der Waals surface area contributed by atoms with Gasteiger partial charge in [-0.2, -0.15) is 0 Å². The summed E-state index contributed by atoms with van der Waals surface area (Å²) in [5.41, 5.74) is 1.53. The number of anilines is 1. The Bertz CT molecular complexity index is 977. The highest BCUT2D eigenvalue weighted by atomic mass is 35.5. The second kappa shape index (κ2) is 10.3. The van der Waals surface area contributed by atoms with E-state index in [9.17, 15) is 9.59 Å². The van der Waals surface area contributed by atoms with E-state index >= 15 is 0 Å². The van der Waals surface area contributed by atoms with E-state index in [2.05, 4.69) is 4.90 Å². The lowest BCUT2D eigenvalue weighted by molar-refractivity contribution is -0.137. The normalized spacial score (nSPS) is 17.1. The molecule has 2 aromatic rings. The van der Waals surface area contributed by atoms with Crippen molar-refractivity contribution in [1.82, 2.24) is 9.80 Å². The minimum Gasteiger partial charge on any atom is -0.496 e. The highest BCUT2D eigenvalue weighted by Crippen LogP contribution is 2.31. The topological polar surface area (TPSA) is 62.3 Å². The molecule has 4 rings (SSSR count). The van der Waals surface area contributed by atoms with Gasteiger partial charge in [-0.25, -0.2) is 0 Å². The van der Waals surface area contributed by atoms with E-state index in [1.807, 2.05) is 29.2 Å². The number of methoxy groups -OCH3 is 2. The first-order chi connectivity index (χ1) is 16.0. The highest BCUT2D eigenvalue weighted by Gasteiger charge is 2.33. The number of hydrogen-bond donors (Lipinski definition) is 0. The minimum atomic E-state index is -0.120. The van der Waals surface area contributed by atoms with Gasteiger partial charge in [-0.3, -0.25) is 9.59 Å². The Morgan fingerprint density at radius 1 is 0.848 bits per heavy atom. The van der Waals surface area contributed by atoms with E-state index in [1.54, 1.807) is 37.3 Å². The first-order valence-corrected chi connectivity index (χ1v) is 11.7. The molecule has 33 heavy (non-hydrogen) atoms. The number of hydrogen-bond acceptors (Lipinski definition) is 5. The fourth-order valence-electron chi connectivity index (χ4n) is 4.67. The lowest BCUT2D eigenvalue weighted by Crippen LogP contribution is -2.52. The Labute approximate surface area is 199 Å². The fourth-order valence-corrected chi connectivity index (χ4v) is 4.85. The zero-order chi connectivity index (χ0) is 23.4. The van der Waals surface area contributed by atoms with E-state index in [-0.39, 0.29) is 17.7 Å². The number of nitrogens with zero attached hydrogens (tertiary/aromatic N) is 3. The van der Waals surface area contributed by atoms with Crippen molar-refractivity contribution in [3.8, 4) is 11.5 Å². The molecule has 0 N–H and O–H groups in total. The van der Waals surface area contributed by atoms with E-state index in [1.165, 1.54) is 0 Å². The summed E-state index contributed by atoms with van der Waals surface area (Å²) in [6.45, 7) is 4.05. The highest BCUT2D eigenvalue weighted by molar-refractivity contribution is 6.30. The van der Waals surface area contributed by atoms with Gasteiger partial charge in [0.05, 0.1) is 14.2 Å². The monoisotopic (exact) mass is 471 g/mol. The van der Waals surface area contributed by atoms with E-state index in [0.717, 1.165) is 23.8 Å². The van der Waals surface area contributed by atoms with Crippen LogP contribution in [0.1, 0.15) is 23.2 Å². The molecule has 0 unspecified atom stereocenters. The van der Waals surface area contributed by atoms with Crippen LogP contribution in [-0.4, -0.2) is 75.1 Å². The zero-order valence-electron chi connectivity index (χ0n) is 19.1. The van der Waals surface area contributed by atoms with Crippen molar-refractivity contribution in [2.75, 3.05) is 58.4 Å². The van der Waals surface area contributed by atoms with Crippen molar-refractivity contribution in [1.29, 1.82) is 0 Å². The standard InChI is InChI=1S/C25H30ClN3O4/c1-32-21-7-4-8-22(33-2)23(21)25(31)28-11-9-18(10-12-28)24(30)29-15-13-27(14-16-29)20-6-3-5-19(26)17-20/h3-8,17-18H,9-16H2,1-2H3. The molecule has 8 heteroatoms. The summed E-state index contributed by atoms with van der Waals surface area (Å²) in [7, 11) is 3.09. The molecule has 0 saturated carbocycles. The zero-order valence-corrected chi connectivity index (χ0v) is 19.9. The average molecular weight is 472 g/mol. The predicted octanol–water partition coefficient (Wildman–Crippen LogP) is 3.56. The second-order valence-corrected chi connectivity index (χ2v) is 8.83. The largest absolute Gasteiger partial charge is 0.496 e. The number of ether oxygens (including phenoxy) is 2. The van der Waals surface area contributed by atoms with Gasteiger partial charge in [-0.15, -0.1) is 0 Å². The Kier molecular flexibility index (Phi) is 7.28. The van der Waals surface area contributed by atoms with Crippen molar-refractivity contribution in [2.45, 2.75) is 12.8 Å². The molecule has 176 valence electrons. The van der Waals surface area contributed by atoms with Gasteiger partial charge in [0.15, 0.2) is 0 Å². The average Bonchev–Trinajstić information content (AvgIpc) is 2.87. The molecule has 2 aromatic carbocycles. The molecule has 2 heterocycles. The van der Waals surface area contributed by atoms with E-state index in [4.69, 9.17) is 21.1 Å². The Hall–Kier alpha value is -2.93. The van der Waals surface area contributed by atoms with Gasteiger partial charge in [-0.1, -0.05) is 23.7 Å². The molecule has 7 nitrogen and oxygen atoms in total. The smallest absolute Gasteiger partial charge is 0.261 e. The number of piperazine rings is 1. The first kappa shape index (κ1) is 23.2. The fraction of sp³-hybridized carbons (Fsp3) is 0.440. The third-order valence-corrected chi connectivity index (χ3v) is 6.77. The van der Waals surface area contributed by atoms with Crippen LogP contribution in [0.3, 0.4) is 0 Å². The molecular formula is C25H30ClN3O4. The number of benzene rings is 2. The van der Waals surface area contributed by atoms with Crippen LogP contribution >= 0.6 is 11.6 Å². The van der Waals surface area contributed by atoms with Gasteiger partial charge in [0.2, 0.25) is 5.91 Å². The summed E-state index contributed by atoms with van der Waals surface area (Å²) < 4.78 is 10.8. The summed E-state index contributed by atoms with van der Waals surface area (Å²) in [6, 6.07) is 13.1. The van der Waals surface area contributed by atoms with Gasteiger partial charge >= 0.3 is 0 Å². The number of rotatable bonds is 5. The Morgan fingerprint density at radius 3 is 2.03 bits per heavy atom. The summed E-state index contributed by atoms with van der Waals surface area (Å²) in [5.74, 6) is 1.02. The number of likely N-dealkylation sites (tertiary alicyclic amines) is 1. The molecule has 0 aliphatic carbocycles. The van der Waals surface area contributed by atoms with Crippen LogP contribution in [-0.2, 0) is 4.79 Å². The quantitative estimate of drug-likeness (QED) is 0.667. The number of amides is 2. The third kappa shape index (κ3) is 5.03. The molecule has 2 saturated heterocycles. The molecule has 2 aliphatic heterocycles. The maximum atomic E-state index is 13.2. The predicted molar refractivity (Wildman–Crippen MR) is 128 cm³/mol. The van der Waals surface area contributed by atoms with Crippen LogP contribution in [0.15, 0.2) is 42.5 Å². The van der Waals surface area contributed by atoms with Gasteiger partial charge < -0.3 is 24.2 Å². The third-order valence-electron chi connectivity index (χ3n) is 6.54. The van der Waals surface area contributed by atoms with Crippen LogP contribution < -0.4 is 14.4 Å². The van der Waals surface area contributed by atoms with Crippen molar-refractivity contribution >= 4 is 29.1 Å². The van der Waals surface area contributed by atoms with Crippen LogP contribution in [0.2, 0.25) is 5.02 Å². The van der Waals surface area contributed by atoms with E-state index < -0.39 is 0 Å². The van der Waals surface area contributed by atoms with Gasteiger partial charge in [-0.05, 0) is 43.2 Å². The lowest BCUT2D eigenvalue weighted by Gasteiger charge is -2.39. The van der Waals surface area contributed by atoms with Crippen molar-refractivity contribution in [3.05, 3.63) is 53.1 Å². The minimum absolute atomic E-state index is 0.0497. The number of carbonyl (C=O) groups is 2. The van der Waals surface area contributed by atoms with Crippen molar-refractivity contribution in [2.24, 2.45) is 5.92 Å². The number of halogens is 1. The SMILES string of the molecule is COc1cccc(OC)c1C(=O)N1CCC(C(=O)N2CCN(c3cccc(Cl)c3)CC2)CC1. The molecule has 0 bridgehead atoms. The molecule has 0 atom stereocenters. The Balaban J connectivity index is 1.32. The molecule has 2 amide bonds. The van der Waals surface area contributed by atoms with Gasteiger partial charge in [0.1, 0.15) is 17.1 Å². The molecular weight excluding hydrogens is 442 g/mol. The summed E-state index contributed by atoms with van der Waals surface area (Å²) in [6.07, 6.45) is 1.33. The van der Waals surface area contributed by atoms with Crippen LogP contribution in [0.25, 0.3) is 0 Å². The van der Waals surface area contributed by atoms with Gasteiger partial charge in [0.25, 0.3) is 5.91 Å². The van der Waals surface area contributed by atoms with E-state index in [0.29, 0.717) is 56.1 Å². The van der Waals surface area contributed by atoms with Crippen LogP contribution in [0, 0.1) is 5.92 Å². The van der Waals surface area contributed by atoms with Gasteiger partial charge in [0, 0.05) is 55.9 Å². The first-order valence-electron chi connectivity index (χ1n) is 11.3.